The molecule has 0 N–H and O–H groups in total. The summed E-state index contributed by atoms with van der Waals surface area (Å²) in [5.41, 5.74) is -0.681. The minimum atomic E-state index is -4.19. The monoisotopic (exact) mass is 260 g/mol. The number of alkyl halides is 3. The second-order valence-corrected chi connectivity index (χ2v) is 4.72. The fraction of sp³-hybridized carbons (Fsp3) is 0.538. The van der Waals surface area contributed by atoms with Crippen LogP contribution in [-0.2, 0) is 0 Å². The molecule has 1 fully saturated rings. The second kappa shape index (κ2) is 4.37. The summed E-state index contributed by atoms with van der Waals surface area (Å²) < 4.78 is 48.6. The third kappa shape index (κ3) is 2.40. The van der Waals surface area contributed by atoms with E-state index in [1.807, 2.05) is 6.92 Å². The van der Waals surface area contributed by atoms with Crippen molar-refractivity contribution >= 4 is 0 Å². The largest absolute Gasteiger partial charge is 0.493 e. The molecule has 0 spiro atoms. The molecule has 0 amide bonds. The molecule has 2 nitrogen and oxygen atoms in total. The van der Waals surface area contributed by atoms with Crippen LogP contribution in [0, 0.1) is 12.3 Å². The van der Waals surface area contributed by atoms with Crippen molar-refractivity contribution < 1.29 is 22.6 Å². The molecule has 1 saturated carbocycles. The zero-order valence-electron chi connectivity index (χ0n) is 10.3. The first-order valence-electron chi connectivity index (χ1n) is 5.72. The lowest BCUT2D eigenvalue weighted by atomic mass is 10.1. The van der Waals surface area contributed by atoms with E-state index in [1.54, 1.807) is 18.2 Å². The van der Waals surface area contributed by atoms with Crippen LogP contribution in [-0.4, -0.2) is 19.9 Å². The van der Waals surface area contributed by atoms with Crippen molar-refractivity contribution in [3.05, 3.63) is 23.8 Å². The molecule has 1 aromatic carbocycles. The van der Waals surface area contributed by atoms with Crippen molar-refractivity contribution in [1.82, 2.24) is 0 Å². The van der Waals surface area contributed by atoms with E-state index in [0.717, 1.165) is 5.56 Å². The number of hydrogen-bond acceptors (Lipinski definition) is 2. The first kappa shape index (κ1) is 13.1. The van der Waals surface area contributed by atoms with Crippen molar-refractivity contribution in [2.24, 2.45) is 5.41 Å². The Bertz CT molecular complexity index is 436. The van der Waals surface area contributed by atoms with E-state index >= 15 is 0 Å². The molecule has 0 heterocycles. The van der Waals surface area contributed by atoms with Crippen LogP contribution < -0.4 is 9.47 Å². The van der Waals surface area contributed by atoms with Gasteiger partial charge in [-0.15, -0.1) is 0 Å². The van der Waals surface area contributed by atoms with Gasteiger partial charge in [0.25, 0.3) is 0 Å². The Hall–Kier alpha value is -1.39. The van der Waals surface area contributed by atoms with Crippen LogP contribution >= 0.6 is 0 Å². The molecule has 0 atom stereocenters. The average molecular weight is 260 g/mol. The molecule has 0 aromatic heterocycles. The van der Waals surface area contributed by atoms with E-state index in [2.05, 4.69) is 0 Å². The maximum atomic E-state index is 12.7. The van der Waals surface area contributed by atoms with E-state index < -0.39 is 11.6 Å². The predicted molar refractivity (Wildman–Crippen MR) is 60.9 cm³/mol. The van der Waals surface area contributed by atoms with Crippen molar-refractivity contribution in [3.8, 4) is 11.5 Å². The lowest BCUT2D eigenvalue weighted by Crippen LogP contribution is -2.30. The summed E-state index contributed by atoms with van der Waals surface area (Å²) in [6.07, 6.45) is -3.90. The second-order valence-electron chi connectivity index (χ2n) is 4.72. The molecular formula is C13H15F3O2. The van der Waals surface area contributed by atoms with Gasteiger partial charge in [-0.2, -0.15) is 13.2 Å². The Kier molecular flexibility index (Phi) is 3.17. The van der Waals surface area contributed by atoms with Crippen LogP contribution in [0.3, 0.4) is 0 Å². The molecule has 5 heteroatoms. The maximum absolute atomic E-state index is 12.7. The van der Waals surface area contributed by atoms with Crippen LogP contribution in [0.15, 0.2) is 18.2 Å². The minimum Gasteiger partial charge on any atom is -0.493 e. The maximum Gasteiger partial charge on any atom is 0.397 e. The van der Waals surface area contributed by atoms with Crippen LogP contribution in [0.5, 0.6) is 11.5 Å². The molecule has 100 valence electrons. The number of aryl methyl sites for hydroxylation is 1. The lowest BCUT2D eigenvalue weighted by Gasteiger charge is -2.20. The molecule has 2 rings (SSSR count). The minimum absolute atomic E-state index is 0.144. The molecule has 0 saturated heterocycles. The zero-order valence-corrected chi connectivity index (χ0v) is 10.3. The van der Waals surface area contributed by atoms with E-state index in [9.17, 15) is 13.2 Å². The first-order valence-corrected chi connectivity index (χ1v) is 5.72. The standard InChI is InChI=1S/C13H15F3O2/c1-9-3-4-10(11(7-9)17-2)18-8-12(5-6-12)13(14,15)16/h3-4,7H,5-6,8H2,1-2H3. The van der Waals surface area contributed by atoms with Gasteiger partial charge in [-0.25, -0.2) is 0 Å². The molecular weight excluding hydrogens is 245 g/mol. The fourth-order valence-corrected chi connectivity index (χ4v) is 1.77. The molecule has 1 aliphatic rings. The number of ether oxygens (including phenoxy) is 2. The Labute approximate surface area is 104 Å². The summed E-state index contributed by atoms with van der Waals surface area (Å²) in [4.78, 5) is 0. The van der Waals surface area contributed by atoms with Gasteiger partial charge in [0.1, 0.15) is 12.0 Å². The van der Waals surface area contributed by atoms with Crippen LogP contribution in [0.4, 0.5) is 13.2 Å². The van der Waals surface area contributed by atoms with Crippen molar-refractivity contribution in [3.63, 3.8) is 0 Å². The van der Waals surface area contributed by atoms with Gasteiger partial charge >= 0.3 is 6.18 Å². The predicted octanol–water partition coefficient (Wildman–Crippen LogP) is 3.72. The lowest BCUT2D eigenvalue weighted by molar-refractivity contribution is -0.194. The molecule has 0 radical (unpaired) electrons. The normalized spacial score (nSPS) is 17.4. The van der Waals surface area contributed by atoms with Crippen LogP contribution in [0.1, 0.15) is 18.4 Å². The Morgan fingerprint density at radius 1 is 1.22 bits per heavy atom. The Morgan fingerprint density at radius 2 is 1.89 bits per heavy atom. The van der Waals surface area contributed by atoms with Gasteiger partial charge in [-0.05, 0) is 37.5 Å². The van der Waals surface area contributed by atoms with Gasteiger partial charge in [0.05, 0.1) is 7.11 Å². The van der Waals surface area contributed by atoms with E-state index in [-0.39, 0.29) is 19.4 Å². The van der Waals surface area contributed by atoms with E-state index in [0.29, 0.717) is 11.5 Å². The van der Waals surface area contributed by atoms with Gasteiger partial charge in [-0.3, -0.25) is 0 Å². The summed E-state index contributed by atoms with van der Waals surface area (Å²) >= 11 is 0. The van der Waals surface area contributed by atoms with E-state index in [4.69, 9.17) is 9.47 Å². The highest BCUT2D eigenvalue weighted by molar-refractivity contribution is 5.42. The van der Waals surface area contributed by atoms with Crippen LogP contribution in [0.2, 0.25) is 0 Å². The molecule has 0 bridgehead atoms. The average Bonchev–Trinajstić information content (AvgIpc) is 3.07. The summed E-state index contributed by atoms with van der Waals surface area (Å²) in [7, 11) is 1.47. The third-order valence-corrected chi connectivity index (χ3v) is 3.28. The van der Waals surface area contributed by atoms with Gasteiger partial charge in [-0.1, -0.05) is 6.07 Å². The number of benzene rings is 1. The van der Waals surface area contributed by atoms with Crippen molar-refractivity contribution in [2.75, 3.05) is 13.7 Å². The molecule has 1 aliphatic carbocycles. The molecule has 18 heavy (non-hydrogen) atoms. The Morgan fingerprint density at radius 3 is 2.39 bits per heavy atom. The molecule has 1 aromatic rings. The summed E-state index contributed by atoms with van der Waals surface area (Å²) in [5, 5.41) is 0. The number of halogens is 3. The summed E-state index contributed by atoms with van der Waals surface area (Å²) in [6, 6.07) is 5.16. The molecule has 0 unspecified atom stereocenters. The highest BCUT2D eigenvalue weighted by Crippen LogP contribution is 2.57. The Balaban J connectivity index is 2.07. The van der Waals surface area contributed by atoms with Crippen molar-refractivity contribution in [1.29, 1.82) is 0 Å². The van der Waals surface area contributed by atoms with Gasteiger partial charge < -0.3 is 9.47 Å². The number of rotatable bonds is 4. The summed E-state index contributed by atoms with van der Waals surface area (Å²) in [5.74, 6) is 0.826. The highest BCUT2D eigenvalue weighted by atomic mass is 19.4. The van der Waals surface area contributed by atoms with Gasteiger partial charge in [0.15, 0.2) is 11.5 Å². The third-order valence-electron chi connectivity index (χ3n) is 3.28. The number of methoxy groups -OCH3 is 1. The molecule has 0 aliphatic heterocycles. The van der Waals surface area contributed by atoms with Gasteiger partial charge in [0.2, 0.25) is 0 Å². The SMILES string of the molecule is COc1cc(C)ccc1OCC1(C(F)(F)F)CC1. The van der Waals surface area contributed by atoms with Crippen molar-refractivity contribution in [2.45, 2.75) is 25.9 Å². The van der Waals surface area contributed by atoms with Crippen LogP contribution in [0.25, 0.3) is 0 Å². The van der Waals surface area contributed by atoms with E-state index in [1.165, 1.54) is 7.11 Å². The van der Waals surface area contributed by atoms with Gasteiger partial charge in [0, 0.05) is 0 Å². The number of hydrogen-bond donors (Lipinski definition) is 0. The summed E-state index contributed by atoms with van der Waals surface area (Å²) in [6.45, 7) is 1.54. The first-order chi connectivity index (χ1) is 8.38. The highest BCUT2D eigenvalue weighted by Gasteiger charge is 2.63. The quantitative estimate of drug-likeness (QED) is 0.821. The topological polar surface area (TPSA) is 18.5 Å². The fourth-order valence-electron chi connectivity index (χ4n) is 1.77. The zero-order chi connectivity index (χ0) is 13.4. The smallest absolute Gasteiger partial charge is 0.397 e.